The van der Waals surface area contributed by atoms with Crippen LogP contribution in [0.25, 0.3) is 0 Å². The van der Waals surface area contributed by atoms with Crippen molar-refractivity contribution in [1.29, 1.82) is 5.41 Å². The van der Waals surface area contributed by atoms with Crippen LogP contribution < -0.4 is 5.32 Å². The van der Waals surface area contributed by atoms with Gasteiger partial charge >= 0.3 is 13.6 Å². The molecule has 2 atom stereocenters. The van der Waals surface area contributed by atoms with E-state index in [0.29, 0.717) is 19.4 Å². The van der Waals surface area contributed by atoms with E-state index in [0.717, 1.165) is 0 Å². The first-order valence-corrected chi connectivity index (χ1v) is 6.69. The Balaban J connectivity index is 2.72. The van der Waals surface area contributed by atoms with Crippen molar-refractivity contribution < 1.29 is 24.3 Å². The highest BCUT2D eigenvalue weighted by Gasteiger charge is 2.35. The molecule has 0 aromatic rings. The SMILES string of the molecule is N=C(CP(=O)(O)O)[C@H]1CCCN[C@H]1C(=O)O. The van der Waals surface area contributed by atoms with E-state index in [1.807, 2.05) is 0 Å². The molecule has 0 amide bonds. The fraction of sp³-hybridized carbons (Fsp3) is 0.750. The molecule has 0 saturated carbocycles. The van der Waals surface area contributed by atoms with Crippen molar-refractivity contribution in [2.45, 2.75) is 18.9 Å². The highest BCUT2D eigenvalue weighted by atomic mass is 31.2. The summed E-state index contributed by atoms with van der Waals surface area (Å²) in [5.74, 6) is -1.71. The fourth-order valence-corrected chi connectivity index (χ4v) is 2.54. The number of hydrogen-bond donors (Lipinski definition) is 5. The highest BCUT2D eigenvalue weighted by Crippen LogP contribution is 2.36. The Labute approximate surface area is 92.5 Å². The van der Waals surface area contributed by atoms with E-state index in [4.69, 9.17) is 20.3 Å². The summed E-state index contributed by atoms with van der Waals surface area (Å²) in [6, 6.07) is -0.909. The van der Waals surface area contributed by atoms with Crippen LogP contribution >= 0.6 is 7.60 Å². The van der Waals surface area contributed by atoms with E-state index < -0.39 is 31.7 Å². The number of carbonyl (C=O) groups is 1. The maximum absolute atomic E-state index is 10.9. The Kier molecular flexibility index (Phi) is 4.21. The lowest BCUT2D eigenvalue weighted by atomic mass is 9.87. The topological polar surface area (TPSA) is 131 Å². The fourth-order valence-electron chi connectivity index (χ4n) is 1.86. The monoisotopic (exact) mass is 250 g/mol. The molecule has 0 spiro atoms. The molecular formula is C8H15N2O5P. The van der Waals surface area contributed by atoms with Gasteiger partial charge in [0.1, 0.15) is 6.04 Å². The van der Waals surface area contributed by atoms with Crippen LogP contribution in [0.1, 0.15) is 12.8 Å². The van der Waals surface area contributed by atoms with Gasteiger partial charge in [-0.3, -0.25) is 9.36 Å². The van der Waals surface area contributed by atoms with Crippen molar-refractivity contribution in [2.75, 3.05) is 12.7 Å². The van der Waals surface area contributed by atoms with E-state index in [2.05, 4.69) is 5.32 Å². The molecule has 1 aliphatic rings. The van der Waals surface area contributed by atoms with E-state index in [-0.39, 0.29) is 5.71 Å². The lowest BCUT2D eigenvalue weighted by Crippen LogP contribution is -2.50. The van der Waals surface area contributed by atoms with Crippen molar-refractivity contribution >= 4 is 19.3 Å². The standard InChI is InChI=1S/C8H15N2O5P/c9-6(4-16(13,14)15)5-2-1-3-10-7(5)8(11)12/h5,7,9-10H,1-4H2,(H,11,12)(H2,13,14,15)/t5-,7-/m1/s1. The minimum absolute atomic E-state index is 0.187. The van der Waals surface area contributed by atoms with Crippen LogP contribution in [0.2, 0.25) is 0 Å². The van der Waals surface area contributed by atoms with Crippen LogP contribution in [0, 0.1) is 11.3 Å². The summed E-state index contributed by atoms with van der Waals surface area (Å²) in [6.07, 6.45) is 0.518. The molecule has 0 unspecified atom stereocenters. The molecule has 1 fully saturated rings. The minimum Gasteiger partial charge on any atom is -0.480 e. The maximum atomic E-state index is 10.9. The molecule has 0 radical (unpaired) electrons. The molecule has 1 rings (SSSR count). The van der Waals surface area contributed by atoms with E-state index in [1.165, 1.54) is 0 Å². The minimum atomic E-state index is -4.29. The molecular weight excluding hydrogens is 235 g/mol. The predicted octanol–water partition coefficient (Wildman–Crippen LogP) is -0.363. The number of piperidine rings is 1. The molecule has 5 N–H and O–H groups in total. The molecule has 1 aliphatic heterocycles. The molecule has 92 valence electrons. The van der Waals surface area contributed by atoms with Crippen LogP contribution in [0.4, 0.5) is 0 Å². The van der Waals surface area contributed by atoms with E-state index >= 15 is 0 Å². The van der Waals surface area contributed by atoms with E-state index in [1.54, 1.807) is 0 Å². The van der Waals surface area contributed by atoms with Gasteiger partial charge in [0.25, 0.3) is 0 Å². The van der Waals surface area contributed by atoms with Crippen LogP contribution in [0.3, 0.4) is 0 Å². The predicted molar refractivity (Wildman–Crippen MR) is 56.8 cm³/mol. The van der Waals surface area contributed by atoms with Crippen molar-refractivity contribution in [3.05, 3.63) is 0 Å². The zero-order valence-electron chi connectivity index (χ0n) is 8.59. The molecule has 16 heavy (non-hydrogen) atoms. The first-order valence-electron chi connectivity index (χ1n) is 4.89. The quantitative estimate of drug-likeness (QED) is 0.342. The number of carboxylic acids is 1. The highest BCUT2D eigenvalue weighted by molar-refractivity contribution is 7.52. The summed E-state index contributed by atoms with van der Waals surface area (Å²) in [7, 11) is -4.29. The number of nitrogens with one attached hydrogen (secondary N) is 2. The second-order valence-corrected chi connectivity index (χ2v) is 5.51. The molecule has 0 aromatic heterocycles. The summed E-state index contributed by atoms with van der Waals surface area (Å²) < 4.78 is 10.7. The van der Waals surface area contributed by atoms with Gasteiger partial charge in [0, 0.05) is 11.6 Å². The number of aliphatic carboxylic acids is 1. The van der Waals surface area contributed by atoms with Gasteiger partial charge in [-0.1, -0.05) is 0 Å². The second-order valence-electron chi connectivity index (χ2n) is 3.87. The van der Waals surface area contributed by atoms with Crippen LogP contribution in [-0.4, -0.2) is 45.3 Å². The van der Waals surface area contributed by atoms with Crippen molar-refractivity contribution in [3.63, 3.8) is 0 Å². The Morgan fingerprint density at radius 1 is 1.50 bits per heavy atom. The molecule has 7 nitrogen and oxygen atoms in total. The largest absolute Gasteiger partial charge is 0.480 e. The third-order valence-corrected chi connectivity index (χ3v) is 3.30. The van der Waals surface area contributed by atoms with Gasteiger partial charge in [0.15, 0.2) is 0 Å². The number of hydrogen-bond acceptors (Lipinski definition) is 4. The summed E-state index contributed by atoms with van der Waals surface area (Å²) in [5.41, 5.74) is -0.187. The molecule has 1 saturated heterocycles. The lowest BCUT2D eigenvalue weighted by molar-refractivity contribution is -0.140. The maximum Gasteiger partial charge on any atom is 0.331 e. The van der Waals surface area contributed by atoms with Crippen molar-refractivity contribution in [2.24, 2.45) is 5.92 Å². The summed E-state index contributed by atoms with van der Waals surface area (Å²) >= 11 is 0. The summed E-state index contributed by atoms with van der Waals surface area (Å²) in [5, 5.41) is 19.2. The first kappa shape index (κ1) is 13.3. The molecule has 1 heterocycles. The average molecular weight is 250 g/mol. The van der Waals surface area contributed by atoms with Gasteiger partial charge in [-0.05, 0) is 19.4 Å². The molecule has 0 aromatic carbocycles. The van der Waals surface area contributed by atoms with E-state index in [9.17, 15) is 9.36 Å². The molecule has 0 bridgehead atoms. The van der Waals surface area contributed by atoms with Crippen LogP contribution in [-0.2, 0) is 9.36 Å². The van der Waals surface area contributed by atoms with Gasteiger partial charge in [0.2, 0.25) is 0 Å². The third-order valence-electron chi connectivity index (χ3n) is 2.55. The van der Waals surface area contributed by atoms with Gasteiger partial charge in [0.05, 0.1) is 6.16 Å². The van der Waals surface area contributed by atoms with Crippen LogP contribution in [0.15, 0.2) is 0 Å². The Morgan fingerprint density at radius 3 is 2.62 bits per heavy atom. The normalized spacial score (nSPS) is 26.4. The smallest absolute Gasteiger partial charge is 0.331 e. The summed E-state index contributed by atoms with van der Waals surface area (Å²) in [6.45, 7) is 0.552. The van der Waals surface area contributed by atoms with Crippen LogP contribution in [0.5, 0.6) is 0 Å². The zero-order valence-corrected chi connectivity index (χ0v) is 9.48. The first-order chi connectivity index (χ1) is 7.31. The molecule has 8 heteroatoms. The van der Waals surface area contributed by atoms with Crippen molar-refractivity contribution in [3.8, 4) is 0 Å². The lowest BCUT2D eigenvalue weighted by Gasteiger charge is -2.30. The van der Waals surface area contributed by atoms with Gasteiger partial charge in [-0.2, -0.15) is 0 Å². The Morgan fingerprint density at radius 2 is 2.12 bits per heavy atom. The molecule has 0 aliphatic carbocycles. The second kappa shape index (κ2) is 5.05. The number of rotatable bonds is 4. The zero-order chi connectivity index (χ0) is 12.3. The third kappa shape index (κ3) is 3.68. The Bertz CT molecular complexity index is 339. The average Bonchev–Trinajstić information content (AvgIpc) is 2.15. The van der Waals surface area contributed by atoms with Crippen molar-refractivity contribution in [1.82, 2.24) is 5.32 Å². The Hall–Kier alpha value is -0.750. The number of carboxylic acid groups (broad SMARTS) is 1. The summed E-state index contributed by atoms with van der Waals surface area (Å²) in [4.78, 5) is 28.4. The van der Waals surface area contributed by atoms with Gasteiger partial charge in [-0.25, -0.2) is 0 Å². The van der Waals surface area contributed by atoms with Gasteiger partial charge < -0.3 is 25.6 Å². The van der Waals surface area contributed by atoms with Gasteiger partial charge in [-0.15, -0.1) is 0 Å².